The topological polar surface area (TPSA) is 37.3 Å². The summed E-state index contributed by atoms with van der Waals surface area (Å²) in [7, 11) is 0. The maximum absolute atomic E-state index is 12.1. The van der Waals surface area contributed by atoms with Crippen molar-refractivity contribution in [3.8, 4) is 0 Å². The molecule has 1 unspecified atom stereocenters. The van der Waals surface area contributed by atoms with Gasteiger partial charge in [-0.1, -0.05) is 13.8 Å². The van der Waals surface area contributed by atoms with Crippen LogP contribution in [0.3, 0.4) is 0 Å². The van der Waals surface area contributed by atoms with Gasteiger partial charge < -0.3 is 5.11 Å². The van der Waals surface area contributed by atoms with Crippen LogP contribution < -0.4 is 0 Å². The van der Waals surface area contributed by atoms with Crippen LogP contribution in [0.4, 0.5) is 0 Å². The zero-order chi connectivity index (χ0) is 13.8. The van der Waals surface area contributed by atoms with Gasteiger partial charge in [0.05, 0.1) is 5.41 Å². The maximum Gasteiger partial charge on any atom is 0.309 e. The number of rotatable bonds is 4. The van der Waals surface area contributed by atoms with E-state index in [1.807, 2.05) is 0 Å². The molecule has 2 heteroatoms. The van der Waals surface area contributed by atoms with Crippen LogP contribution in [-0.4, -0.2) is 11.1 Å². The Labute approximate surface area is 117 Å². The summed E-state index contributed by atoms with van der Waals surface area (Å²) < 4.78 is 0. The summed E-state index contributed by atoms with van der Waals surface area (Å²) in [4.78, 5) is 12.1. The molecule has 0 aliphatic heterocycles. The average molecular weight is 264 g/mol. The molecule has 1 N–H and O–H groups in total. The molecular weight excluding hydrogens is 236 g/mol. The molecule has 4 aliphatic rings. The van der Waals surface area contributed by atoms with Crippen molar-refractivity contribution in [2.45, 2.75) is 65.7 Å². The smallest absolute Gasteiger partial charge is 0.309 e. The maximum atomic E-state index is 12.1. The third-order valence-electron chi connectivity index (χ3n) is 6.50. The molecule has 108 valence electrons. The summed E-state index contributed by atoms with van der Waals surface area (Å²) >= 11 is 0. The summed E-state index contributed by atoms with van der Waals surface area (Å²) in [6.45, 7) is 6.39. The molecule has 0 aromatic rings. The highest BCUT2D eigenvalue weighted by atomic mass is 16.4. The van der Waals surface area contributed by atoms with Crippen LogP contribution in [0, 0.1) is 34.5 Å². The van der Waals surface area contributed by atoms with Crippen LogP contribution in [0.2, 0.25) is 0 Å². The quantitative estimate of drug-likeness (QED) is 0.820. The van der Waals surface area contributed by atoms with Gasteiger partial charge in [-0.25, -0.2) is 0 Å². The Morgan fingerprint density at radius 2 is 1.58 bits per heavy atom. The van der Waals surface area contributed by atoms with Crippen molar-refractivity contribution < 1.29 is 9.90 Å². The highest BCUT2D eigenvalue weighted by molar-refractivity contribution is 5.75. The molecule has 4 bridgehead atoms. The molecule has 4 rings (SSSR count). The van der Waals surface area contributed by atoms with Crippen molar-refractivity contribution in [2.75, 3.05) is 0 Å². The zero-order valence-electron chi connectivity index (χ0n) is 12.6. The Balaban J connectivity index is 1.95. The standard InChI is InChI=1S/C17H28O2/c1-11(2)7-16(3,15(18)19)17-8-12-4-13(9-17)6-14(5-12)10-17/h11-14H,4-10H2,1-3H3,(H,18,19). The number of aliphatic carboxylic acids is 1. The van der Waals surface area contributed by atoms with Gasteiger partial charge in [-0.05, 0) is 81.0 Å². The average Bonchev–Trinajstić information content (AvgIpc) is 2.25. The molecule has 19 heavy (non-hydrogen) atoms. The predicted octanol–water partition coefficient (Wildman–Crippen LogP) is 4.34. The number of hydrogen-bond acceptors (Lipinski definition) is 1. The lowest BCUT2D eigenvalue weighted by Crippen LogP contribution is -2.56. The fraction of sp³-hybridized carbons (Fsp3) is 0.941. The van der Waals surface area contributed by atoms with E-state index < -0.39 is 11.4 Å². The molecule has 0 spiro atoms. The van der Waals surface area contributed by atoms with Crippen LogP contribution in [-0.2, 0) is 4.79 Å². The van der Waals surface area contributed by atoms with E-state index in [2.05, 4.69) is 20.8 Å². The molecule has 0 radical (unpaired) electrons. The lowest BCUT2D eigenvalue weighted by molar-refractivity contribution is -0.179. The van der Waals surface area contributed by atoms with Crippen LogP contribution in [0.25, 0.3) is 0 Å². The highest BCUT2D eigenvalue weighted by Gasteiger charge is 2.61. The lowest BCUT2D eigenvalue weighted by Gasteiger charge is -2.62. The first-order valence-corrected chi connectivity index (χ1v) is 8.08. The first-order chi connectivity index (χ1) is 8.84. The minimum Gasteiger partial charge on any atom is -0.481 e. The van der Waals surface area contributed by atoms with Crippen LogP contribution in [0.15, 0.2) is 0 Å². The first kappa shape index (κ1) is 13.5. The molecule has 4 saturated carbocycles. The normalized spacial score (nSPS) is 43.5. The summed E-state index contributed by atoms with van der Waals surface area (Å²) in [5.41, 5.74) is -0.394. The van der Waals surface area contributed by atoms with Gasteiger partial charge >= 0.3 is 5.97 Å². The van der Waals surface area contributed by atoms with Crippen molar-refractivity contribution in [1.29, 1.82) is 0 Å². The first-order valence-electron chi connectivity index (χ1n) is 8.08. The third kappa shape index (κ3) is 1.94. The van der Waals surface area contributed by atoms with Gasteiger partial charge in [-0.2, -0.15) is 0 Å². The summed E-state index contributed by atoms with van der Waals surface area (Å²) in [5, 5.41) is 9.94. The Bertz CT molecular complexity index is 349. The van der Waals surface area contributed by atoms with E-state index in [-0.39, 0.29) is 5.41 Å². The van der Waals surface area contributed by atoms with E-state index in [0.29, 0.717) is 5.92 Å². The van der Waals surface area contributed by atoms with Crippen molar-refractivity contribution in [1.82, 2.24) is 0 Å². The van der Waals surface area contributed by atoms with Gasteiger partial charge in [-0.15, -0.1) is 0 Å². The Morgan fingerprint density at radius 1 is 1.16 bits per heavy atom. The van der Waals surface area contributed by atoms with Crippen molar-refractivity contribution in [3.05, 3.63) is 0 Å². The lowest BCUT2D eigenvalue weighted by atomic mass is 9.42. The minimum atomic E-state index is -0.539. The van der Waals surface area contributed by atoms with E-state index in [0.717, 1.165) is 24.2 Å². The molecule has 0 aromatic carbocycles. The number of carboxylic acid groups (broad SMARTS) is 1. The molecule has 0 amide bonds. The van der Waals surface area contributed by atoms with Gasteiger partial charge in [0.2, 0.25) is 0 Å². The molecular formula is C17H28O2. The van der Waals surface area contributed by atoms with E-state index in [4.69, 9.17) is 0 Å². The van der Waals surface area contributed by atoms with Gasteiger partial charge in [0.15, 0.2) is 0 Å². The molecule has 1 atom stereocenters. The van der Waals surface area contributed by atoms with E-state index in [9.17, 15) is 9.90 Å². The second-order valence-corrected chi connectivity index (χ2v) is 8.43. The predicted molar refractivity (Wildman–Crippen MR) is 75.8 cm³/mol. The fourth-order valence-corrected chi connectivity index (χ4v) is 6.13. The van der Waals surface area contributed by atoms with Gasteiger partial charge in [0.25, 0.3) is 0 Å². The molecule has 2 nitrogen and oxygen atoms in total. The van der Waals surface area contributed by atoms with Gasteiger partial charge in [0, 0.05) is 0 Å². The van der Waals surface area contributed by atoms with Crippen molar-refractivity contribution >= 4 is 5.97 Å². The summed E-state index contributed by atoms with van der Waals surface area (Å²) in [5.74, 6) is 2.42. The second-order valence-electron chi connectivity index (χ2n) is 8.43. The van der Waals surface area contributed by atoms with Gasteiger partial charge in [-0.3, -0.25) is 4.79 Å². The zero-order valence-corrected chi connectivity index (χ0v) is 12.6. The summed E-state index contributed by atoms with van der Waals surface area (Å²) in [6.07, 6.45) is 8.57. The minimum absolute atomic E-state index is 0.109. The van der Waals surface area contributed by atoms with E-state index in [1.54, 1.807) is 0 Å². The van der Waals surface area contributed by atoms with Crippen molar-refractivity contribution in [2.24, 2.45) is 34.5 Å². The van der Waals surface area contributed by atoms with Gasteiger partial charge in [0.1, 0.15) is 0 Å². The highest BCUT2D eigenvalue weighted by Crippen LogP contribution is 2.67. The van der Waals surface area contributed by atoms with Crippen molar-refractivity contribution in [3.63, 3.8) is 0 Å². The SMILES string of the molecule is CC(C)CC(C)(C(=O)O)C12CC3CC(CC(C3)C1)C2. The Morgan fingerprint density at radius 3 is 1.89 bits per heavy atom. The number of hydrogen-bond donors (Lipinski definition) is 1. The van der Waals surface area contributed by atoms with E-state index in [1.165, 1.54) is 38.5 Å². The molecule has 4 aliphatic carbocycles. The number of carboxylic acids is 1. The monoisotopic (exact) mass is 264 g/mol. The second kappa shape index (κ2) is 4.23. The summed E-state index contributed by atoms with van der Waals surface area (Å²) in [6, 6.07) is 0. The van der Waals surface area contributed by atoms with Crippen LogP contribution in [0.5, 0.6) is 0 Å². The molecule has 0 heterocycles. The molecule has 0 aromatic heterocycles. The largest absolute Gasteiger partial charge is 0.481 e. The Kier molecular flexibility index (Phi) is 3.00. The van der Waals surface area contributed by atoms with Crippen LogP contribution >= 0.6 is 0 Å². The Hall–Kier alpha value is -0.530. The number of carbonyl (C=O) groups is 1. The van der Waals surface area contributed by atoms with Crippen LogP contribution in [0.1, 0.15) is 65.7 Å². The molecule has 0 saturated heterocycles. The fourth-order valence-electron chi connectivity index (χ4n) is 6.13. The molecule has 4 fully saturated rings. The van der Waals surface area contributed by atoms with E-state index >= 15 is 0 Å². The third-order valence-corrected chi connectivity index (χ3v) is 6.50.